The monoisotopic (exact) mass is 466 g/mol. The summed E-state index contributed by atoms with van der Waals surface area (Å²) in [6.07, 6.45) is 7.41. The highest BCUT2D eigenvalue weighted by Crippen LogP contribution is 2.33. The second kappa shape index (κ2) is 9.94. The lowest BCUT2D eigenvalue weighted by atomic mass is 9.95. The van der Waals surface area contributed by atoms with E-state index in [1.165, 1.54) is 18.4 Å². The summed E-state index contributed by atoms with van der Waals surface area (Å²) < 4.78 is 0. The molecule has 6 nitrogen and oxygen atoms in total. The van der Waals surface area contributed by atoms with Crippen molar-refractivity contribution in [3.8, 4) is 11.3 Å². The first-order valence-electron chi connectivity index (χ1n) is 12.5. The van der Waals surface area contributed by atoms with Gasteiger partial charge in [0.25, 0.3) is 0 Å². The zero-order chi connectivity index (χ0) is 22.8. The molecule has 4 heterocycles. The first-order chi connectivity index (χ1) is 16.1. The van der Waals surface area contributed by atoms with Crippen LogP contribution in [0.15, 0.2) is 23.6 Å². The van der Waals surface area contributed by atoms with E-state index < -0.39 is 0 Å². The maximum atomic E-state index is 13.1. The normalized spacial score (nSPS) is 20.0. The van der Waals surface area contributed by atoms with E-state index in [-0.39, 0.29) is 11.8 Å². The van der Waals surface area contributed by atoms with E-state index >= 15 is 0 Å². The Hall–Kier alpha value is -2.25. The van der Waals surface area contributed by atoms with Gasteiger partial charge in [-0.2, -0.15) is 0 Å². The smallest absolute Gasteiger partial charge is 0.241 e. The van der Waals surface area contributed by atoms with Gasteiger partial charge in [0.1, 0.15) is 0 Å². The first kappa shape index (κ1) is 22.5. The summed E-state index contributed by atoms with van der Waals surface area (Å²) in [5, 5.41) is 3.16. The molecule has 0 saturated carbocycles. The van der Waals surface area contributed by atoms with E-state index in [4.69, 9.17) is 0 Å². The third-order valence-corrected chi connectivity index (χ3v) is 8.18. The van der Waals surface area contributed by atoms with Gasteiger partial charge in [0.15, 0.2) is 0 Å². The van der Waals surface area contributed by atoms with Crippen LogP contribution in [0.25, 0.3) is 11.3 Å². The average molecular weight is 467 g/mol. The molecule has 2 fully saturated rings. The van der Waals surface area contributed by atoms with Crippen LogP contribution < -0.4 is 4.90 Å². The number of carbonyl (C=O) groups excluding carboxylic acids is 2. The highest BCUT2D eigenvalue weighted by Gasteiger charge is 2.31. The Morgan fingerprint density at radius 1 is 1.03 bits per heavy atom. The number of likely N-dealkylation sites (tertiary alicyclic amines) is 2. The van der Waals surface area contributed by atoms with Gasteiger partial charge < -0.3 is 9.80 Å². The van der Waals surface area contributed by atoms with Crippen molar-refractivity contribution >= 4 is 28.8 Å². The quantitative estimate of drug-likeness (QED) is 0.680. The number of benzene rings is 1. The molecule has 2 amide bonds. The number of carbonyl (C=O) groups is 2. The van der Waals surface area contributed by atoms with Gasteiger partial charge in [-0.25, -0.2) is 4.98 Å². The fourth-order valence-corrected chi connectivity index (χ4v) is 6.10. The summed E-state index contributed by atoms with van der Waals surface area (Å²) in [7, 11) is 0. The van der Waals surface area contributed by atoms with Crippen LogP contribution in [0.1, 0.15) is 49.1 Å². The fraction of sp³-hybridized carbons (Fsp3) is 0.577. The molecule has 0 aliphatic carbocycles. The maximum absolute atomic E-state index is 13.1. The number of nitrogens with zero attached hydrogens (tertiary/aromatic N) is 4. The molecule has 1 aromatic carbocycles. The average Bonchev–Trinajstić information content (AvgIpc) is 3.36. The summed E-state index contributed by atoms with van der Waals surface area (Å²) in [6.45, 7) is 6.73. The van der Waals surface area contributed by atoms with Crippen molar-refractivity contribution in [2.24, 2.45) is 5.92 Å². The summed E-state index contributed by atoms with van der Waals surface area (Å²) >= 11 is 1.66. The van der Waals surface area contributed by atoms with Gasteiger partial charge in [-0.1, -0.05) is 18.9 Å². The Balaban J connectivity index is 1.15. The number of aromatic nitrogens is 1. The van der Waals surface area contributed by atoms with Crippen LogP contribution in [0.2, 0.25) is 0 Å². The van der Waals surface area contributed by atoms with E-state index in [2.05, 4.69) is 38.4 Å². The molecular formula is C26H34N4O2S. The summed E-state index contributed by atoms with van der Waals surface area (Å²) in [4.78, 5) is 36.9. The van der Waals surface area contributed by atoms with E-state index in [9.17, 15) is 9.59 Å². The van der Waals surface area contributed by atoms with Crippen molar-refractivity contribution in [1.29, 1.82) is 0 Å². The molecule has 3 aliphatic rings. The van der Waals surface area contributed by atoms with Gasteiger partial charge >= 0.3 is 0 Å². The van der Waals surface area contributed by atoms with Crippen LogP contribution in [0, 0.1) is 12.8 Å². The van der Waals surface area contributed by atoms with E-state index in [1.807, 2.05) is 11.8 Å². The van der Waals surface area contributed by atoms with Crippen LogP contribution in [0.5, 0.6) is 0 Å². The van der Waals surface area contributed by atoms with Gasteiger partial charge in [-0.05, 0) is 69.8 Å². The minimum atomic E-state index is 0.134. The standard InChI is InChI=1S/C26H34N4O2S/c1-19-27-23(18-33-19)21-6-7-24-22(16-21)10-15-30(24)25(31)17-28-13-8-20(9-14-28)26(32)29-11-4-2-3-5-12-29/h6-7,16,18,20H,2-5,8-15,17H2,1H3. The number of fused-ring (bicyclic) bond motifs is 1. The van der Waals surface area contributed by atoms with E-state index in [0.717, 1.165) is 86.8 Å². The number of rotatable bonds is 4. The lowest BCUT2D eigenvalue weighted by molar-refractivity contribution is -0.137. The highest BCUT2D eigenvalue weighted by atomic mass is 32.1. The van der Waals surface area contributed by atoms with Crippen molar-refractivity contribution in [3.63, 3.8) is 0 Å². The number of hydrogen-bond donors (Lipinski definition) is 0. The molecule has 0 atom stereocenters. The number of aryl methyl sites for hydroxylation is 1. The Bertz CT molecular complexity index is 1000. The van der Waals surface area contributed by atoms with Crippen LogP contribution in [0.4, 0.5) is 5.69 Å². The lowest BCUT2D eigenvalue weighted by Gasteiger charge is -2.34. The van der Waals surface area contributed by atoms with Gasteiger partial charge in [-0.3, -0.25) is 14.5 Å². The molecule has 33 heavy (non-hydrogen) atoms. The van der Waals surface area contributed by atoms with Gasteiger partial charge in [0, 0.05) is 42.2 Å². The Morgan fingerprint density at radius 2 is 1.79 bits per heavy atom. The van der Waals surface area contributed by atoms with Gasteiger partial charge in [-0.15, -0.1) is 11.3 Å². The third-order valence-electron chi connectivity index (χ3n) is 7.40. The van der Waals surface area contributed by atoms with Crippen molar-refractivity contribution in [3.05, 3.63) is 34.2 Å². The Kier molecular flexibility index (Phi) is 6.79. The zero-order valence-corrected chi connectivity index (χ0v) is 20.4. The summed E-state index contributed by atoms with van der Waals surface area (Å²) in [5.41, 5.74) is 4.42. The molecule has 5 rings (SSSR count). The molecule has 176 valence electrons. The second-order valence-corrected chi connectivity index (χ2v) is 10.7. The van der Waals surface area contributed by atoms with Gasteiger partial charge in [0.05, 0.1) is 17.2 Å². The number of hydrogen-bond acceptors (Lipinski definition) is 5. The molecule has 0 N–H and O–H groups in total. The van der Waals surface area contributed by atoms with Crippen LogP contribution in [-0.4, -0.2) is 65.9 Å². The van der Waals surface area contributed by atoms with Crippen LogP contribution in [0.3, 0.4) is 0 Å². The number of amides is 2. The lowest BCUT2D eigenvalue weighted by Crippen LogP contribution is -2.46. The fourth-order valence-electron chi connectivity index (χ4n) is 5.48. The van der Waals surface area contributed by atoms with Crippen molar-refractivity contribution in [2.75, 3.05) is 44.2 Å². The Morgan fingerprint density at radius 3 is 2.48 bits per heavy atom. The highest BCUT2D eigenvalue weighted by molar-refractivity contribution is 7.09. The molecule has 0 unspecified atom stereocenters. The number of thiazole rings is 1. The zero-order valence-electron chi connectivity index (χ0n) is 19.6. The second-order valence-electron chi connectivity index (χ2n) is 9.68. The molecule has 2 aromatic rings. The number of anilines is 1. The number of piperidine rings is 1. The predicted octanol–water partition coefficient (Wildman–Crippen LogP) is 4.12. The summed E-state index contributed by atoms with van der Waals surface area (Å²) in [6, 6.07) is 6.35. The molecule has 2 saturated heterocycles. The molecule has 1 aromatic heterocycles. The van der Waals surface area contributed by atoms with Gasteiger partial charge in [0.2, 0.25) is 11.8 Å². The molecule has 7 heteroatoms. The van der Waals surface area contributed by atoms with Crippen LogP contribution >= 0.6 is 11.3 Å². The topological polar surface area (TPSA) is 56.8 Å². The predicted molar refractivity (Wildman–Crippen MR) is 133 cm³/mol. The minimum Gasteiger partial charge on any atom is -0.342 e. The Labute approximate surface area is 200 Å². The molecule has 3 aliphatic heterocycles. The third kappa shape index (κ3) is 4.99. The van der Waals surface area contributed by atoms with Crippen molar-refractivity contribution in [2.45, 2.75) is 51.9 Å². The largest absolute Gasteiger partial charge is 0.342 e. The molecule has 0 bridgehead atoms. The molecule has 0 spiro atoms. The van der Waals surface area contributed by atoms with E-state index in [1.54, 1.807) is 11.3 Å². The SMILES string of the molecule is Cc1nc(-c2ccc3c(c2)CCN3C(=O)CN2CCC(C(=O)N3CCCCCC3)CC2)cs1. The van der Waals surface area contributed by atoms with Crippen LogP contribution in [-0.2, 0) is 16.0 Å². The van der Waals surface area contributed by atoms with E-state index in [0.29, 0.717) is 12.5 Å². The molecule has 0 radical (unpaired) electrons. The first-order valence-corrected chi connectivity index (χ1v) is 13.3. The maximum Gasteiger partial charge on any atom is 0.241 e. The molecular weight excluding hydrogens is 432 g/mol. The minimum absolute atomic E-state index is 0.134. The van der Waals surface area contributed by atoms with Crippen molar-refractivity contribution < 1.29 is 9.59 Å². The summed E-state index contributed by atoms with van der Waals surface area (Å²) in [5.74, 6) is 0.653. The van der Waals surface area contributed by atoms with Crippen molar-refractivity contribution in [1.82, 2.24) is 14.8 Å².